The second-order valence-corrected chi connectivity index (χ2v) is 5.81. The van der Waals surface area contributed by atoms with E-state index in [9.17, 15) is 20.0 Å². The molecule has 2 rings (SSSR count). The van der Waals surface area contributed by atoms with Crippen LogP contribution in [0.5, 0.6) is 11.5 Å². The van der Waals surface area contributed by atoms with E-state index in [1.165, 1.54) is 17.7 Å². The highest BCUT2D eigenvalue weighted by molar-refractivity contribution is 5.86. The van der Waals surface area contributed by atoms with Gasteiger partial charge in [0.05, 0.1) is 11.1 Å². The molecule has 2 aromatic rings. The third kappa shape index (κ3) is 5.30. The molecule has 0 bridgehead atoms. The maximum Gasteiger partial charge on any atom is 0.277 e. The Kier molecular flexibility index (Phi) is 6.26. The van der Waals surface area contributed by atoms with E-state index in [0.29, 0.717) is 11.7 Å². The molecule has 0 heterocycles. The number of nitrogens with zero attached hydrogens (tertiary/aromatic N) is 2. The Balaban J connectivity index is 1.87. The average molecular weight is 357 g/mol. The van der Waals surface area contributed by atoms with Crippen molar-refractivity contribution in [1.29, 1.82) is 0 Å². The summed E-state index contributed by atoms with van der Waals surface area (Å²) in [4.78, 5) is 21.8. The summed E-state index contributed by atoms with van der Waals surface area (Å²) in [5, 5.41) is 24.0. The summed E-state index contributed by atoms with van der Waals surface area (Å²) in [6.07, 6.45) is 1.12. The van der Waals surface area contributed by atoms with Gasteiger partial charge in [-0.3, -0.25) is 14.9 Å². The van der Waals surface area contributed by atoms with Gasteiger partial charge in [0, 0.05) is 17.7 Å². The number of rotatable bonds is 7. The predicted octanol–water partition coefficient (Wildman–Crippen LogP) is 2.95. The number of nitro benzene ring substituents is 1. The number of non-ortho nitro benzene ring substituents is 1. The van der Waals surface area contributed by atoms with E-state index in [0.717, 1.165) is 12.3 Å². The van der Waals surface area contributed by atoms with E-state index in [4.69, 9.17) is 4.74 Å². The molecule has 0 aliphatic heterocycles. The van der Waals surface area contributed by atoms with Gasteiger partial charge in [-0.1, -0.05) is 26.0 Å². The number of carbonyl (C=O) groups excluding carboxylic acids is 1. The number of hydrogen-bond donors (Lipinski definition) is 2. The number of ether oxygens (including phenoxy) is 1. The molecule has 1 amide bonds. The fraction of sp³-hybridized carbons (Fsp3) is 0.222. The molecule has 2 N–H and O–H groups in total. The number of hydrogen-bond acceptors (Lipinski definition) is 6. The van der Waals surface area contributed by atoms with E-state index in [1.54, 1.807) is 12.1 Å². The molecule has 0 saturated carbocycles. The van der Waals surface area contributed by atoms with Crippen LogP contribution in [-0.4, -0.2) is 28.8 Å². The van der Waals surface area contributed by atoms with Crippen molar-refractivity contribution >= 4 is 17.8 Å². The Morgan fingerprint density at radius 1 is 1.31 bits per heavy atom. The van der Waals surface area contributed by atoms with Crippen LogP contribution in [0.1, 0.15) is 30.9 Å². The van der Waals surface area contributed by atoms with Crippen molar-refractivity contribution in [2.75, 3.05) is 6.61 Å². The molecule has 0 aliphatic carbocycles. The van der Waals surface area contributed by atoms with Gasteiger partial charge in [0.15, 0.2) is 6.61 Å². The lowest BCUT2D eigenvalue weighted by Crippen LogP contribution is -2.24. The number of nitrogens with one attached hydrogen (secondary N) is 1. The van der Waals surface area contributed by atoms with Crippen LogP contribution < -0.4 is 10.2 Å². The topological polar surface area (TPSA) is 114 Å². The Bertz CT molecular complexity index is 816. The van der Waals surface area contributed by atoms with Crippen molar-refractivity contribution in [1.82, 2.24) is 5.43 Å². The standard InChI is InChI=1S/C18H19N3O5/c1-12(2)13-3-6-16(7-4-13)26-11-18(23)20-19-10-14-9-15(21(24)25)5-8-17(14)22/h3-10,12,22H,11H2,1-2H3,(H,20,23). The Hall–Kier alpha value is -3.42. The summed E-state index contributed by atoms with van der Waals surface area (Å²) in [6, 6.07) is 10.9. The lowest BCUT2D eigenvalue weighted by atomic mass is 10.0. The van der Waals surface area contributed by atoms with Crippen LogP contribution in [0.25, 0.3) is 0 Å². The maximum absolute atomic E-state index is 11.7. The van der Waals surface area contributed by atoms with Crippen molar-refractivity contribution in [3.63, 3.8) is 0 Å². The van der Waals surface area contributed by atoms with E-state index in [2.05, 4.69) is 24.4 Å². The minimum Gasteiger partial charge on any atom is -0.507 e. The summed E-state index contributed by atoms with van der Waals surface area (Å²) in [7, 11) is 0. The largest absolute Gasteiger partial charge is 0.507 e. The fourth-order valence-corrected chi connectivity index (χ4v) is 2.06. The van der Waals surface area contributed by atoms with Gasteiger partial charge in [-0.05, 0) is 29.7 Å². The molecule has 0 atom stereocenters. The minimum atomic E-state index is -0.590. The van der Waals surface area contributed by atoms with Gasteiger partial charge in [-0.15, -0.1) is 0 Å². The first-order chi connectivity index (χ1) is 12.4. The third-order valence-electron chi connectivity index (χ3n) is 3.53. The number of phenols is 1. The zero-order valence-corrected chi connectivity index (χ0v) is 14.4. The molecule has 8 nitrogen and oxygen atoms in total. The number of nitro groups is 1. The third-order valence-corrected chi connectivity index (χ3v) is 3.53. The van der Waals surface area contributed by atoms with Crippen molar-refractivity contribution in [3.8, 4) is 11.5 Å². The highest BCUT2D eigenvalue weighted by atomic mass is 16.6. The molecule has 8 heteroatoms. The van der Waals surface area contributed by atoms with Gasteiger partial charge in [0.2, 0.25) is 0 Å². The average Bonchev–Trinajstić information content (AvgIpc) is 2.61. The van der Waals surface area contributed by atoms with E-state index in [1.807, 2.05) is 12.1 Å². The zero-order chi connectivity index (χ0) is 19.1. The van der Waals surface area contributed by atoms with Crippen LogP contribution >= 0.6 is 0 Å². The van der Waals surface area contributed by atoms with E-state index in [-0.39, 0.29) is 23.6 Å². The molecule has 0 aliphatic rings. The van der Waals surface area contributed by atoms with Crippen molar-refractivity contribution in [2.45, 2.75) is 19.8 Å². The van der Waals surface area contributed by atoms with Crippen LogP contribution in [0.3, 0.4) is 0 Å². The molecule has 0 fully saturated rings. The first-order valence-electron chi connectivity index (χ1n) is 7.89. The van der Waals surface area contributed by atoms with Gasteiger partial charge in [0.1, 0.15) is 11.5 Å². The van der Waals surface area contributed by atoms with Gasteiger partial charge in [0.25, 0.3) is 11.6 Å². The quantitative estimate of drug-likeness (QED) is 0.449. The van der Waals surface area contributed by atoms with Crippen molar-refractivity contribution < 1.29 is 19.6 Å². The number of aromatic hydroxyl groups is 1. The molecular weight excluding hydrogens is 338 g/mol. The number of hydrazone groups is 1. The summed E-state index contributed by atoms with van der Waals surface area (Å²) >= 11 is 0. The van der Waals surface area contributed by atoms with E-state index < -0.39 is 10.8 Å². The molecule has 0 aromatic heterocycles. The molecule has 2 aromatic carbocycles. The number of carbonyl (C=O) groups is 1. The second-order valence-electron chi connectivity index (χ2n) is 5.81. The van der Waals surface area contributed by atoms with E-state index >= 15 is 0 Å². The number of phenolic OH excluding ortho intramolecular Hbond substituents is 1. The van der Waals surface area contributed by atoms with Gasteiger partial charge in [-0.2, -0.15) is 5.10 Å². The van der Waals surface area contributed by atoms with Crippen LogP contribution in [0.15, 0.2) is 47.6 Å². The molecular formula is C18H19N3O5. The zero-order valence-electron chi connectivity index (χ0n) is 14.4. The molecule has 0 spiro atoms. The summed E-state index contributed by atoms with van der Waals surface area (Å²) < 4.78 is 5.35. The monoisotopic (exact) mass is 357 g/mol. The fourth-order valence-electron chi connectivity index (χ4n) is 2.06. The van der Waals surface area contributed by atoms with Crippen molar-refractivity contribution in [3.05, 3.63) is 63.7 Å². The summed E-state index contributed by atoms with van der Waals surface area (Å²) in [5.74, 6) is 0.283. The normalized spacial score (nSPS) is 10.9. The van der Waals surface area contributed by atoms with Crippen LogP contribution in [0, 0.1) is 10.1 Å². The van der Waals surface area contributed by atoms with Crippen LogP contribution in [-0.2, 0) is 4.79 Å². The number of benzene rings is 2. The lowest BCUT2D eigenvalue weighted by Gasteiger charge is -2.08. The number of amides is 1. The van der Waals surface area contributed by atoms with Crippen molar-refractivity contribution in [2.24, 2.45) is 5.10 Å². The Morgan fingerprint density at radius 3 is 2.62 bits per heavy atom. The Labute approximate surface area is 150 Å². The Morgan fingerprint density at radius 2 is 2.00 bits per heavy atom. The summed E-state index contributed by atoms with van der Waals surface area (Å²) in [5.41, 5.74) is 3.33. The highest BCUT2D eigenvalue weighted by Gasteiger charge is 2.09. The molecule has 0 unspecified atom stereocenters. The minimum absolute atomic E-state index is 0.115. The SMILES string of the molecule is CC(C)c1ccc(OCC(=O)NN=Cc2cc([N+](=O)[O-])ccc2O)cc1. The molecule has 136 valence electrons. The summed E-state index contributed by atoms with van der Waals surface area (Å²) in [6.45, 7) is 3.93. The molecule has 0 radical (unpaired) electrons. The first kappa shape index (κ1) is 18.9. The smallest absolute Gasteiger partial charge is 0.277 e. The first-order valence-corrected chi connectivity index (χ1v) is 7.89. The van der Waals surface area contributed by atoms with Gasteiger partial charge >= 0.3 is 0 Å². The highest BCUT2D eigenvalue weighted by Crippen LogP contribution is 2.21. The van der Waals surface area contributed by atoms with Gasteiger partial charge < -0.3 is 9.84 Å². The van der Waals surface area contributed by atoms with Crippen LogP contribution in [0.2, 0.25) is 0 Å². The molecule has 0 saturated heterocycles. The van der Waals surface area contributed by atoms with Gasteiger partial charge in [-0.25, -0.2) is 5.43 Å². The predicted molar refractivity (Wildman–Crippen MR) is 96.5 cm³/mol. The second kappa shape index (κ2) is 8.61. The maximum atomic E-state index is 11.7. The molecule has 26 heavy (non-hydrogen) atoms. The lowest BCUT2D eigenvalue weighted by molar-refractivity contribution is -0.384. The van der Waals surface area contributed by atoms with Crippen LogP contribution in [0.4, 0.5) is 5.69 Å².